The summed E-state index contributed by atoms with van der Waals surface area (Å²) < 4.78 is 40.0. The van der Waals surface area contributed by atoms with Gasteiger partial charge in [-0.15, -0.1) is 0 Å². The van der Waals surface area contributed by atoms with E-state index in [1.807, 2.05) is 16.8 Å². The lowest BCUT2D eigenvalue weighted by Gasteiger charge is -2.44. The molecule has 1 saturated carbocycles. The molecule has 1 aliphatic heterocycles. The van der Waals surface area contributed by atoms with Crippen LogP contribution in [0.25, 0.3) is 11.0 Å². The van der Waals surface area contributed by atoms with Gasteiger partial charge in [0.25, 0.3) is 12.3 Å². The first-order chi connectivity index (χ1) is 21.0. The van der Waals surface area contributed by atoms with Crippen LogP contribution in [0.3, 0.4) is 0 Å². The summed E-state index contributed by atoms with van der Waals surface area (Å²) in [4.78, 5) is 46.9. The summed E-state index contributed by atoms with van der Waals surface area (Å²) in [6, 6.07) is 2.93. The number of carboxylic acid groups (broad SMARTS) is 1. The molecular weight excluding hydrogens is 604 g/mol. The summed E-state index contributed by atoms with van der Waals surface area (Å²) in [5, 5.41) is 10.3. The van der Waals surface area contributed by atoms with E-state index in [0.717, 1.165) is 22.0 Å². The maximum atomic E-state index is 13.4. The summed E-state index contributed by atoms with van der Waals surface area (Å²) in [6.07, 6.45) is 2.70. The van der Waals surface area contributed by atoms with Crippen LogP contribution in [0.15, 0.2) is 18.5 Å². The van der Waals surface area contributed by atoms with Crippen LogP contribution in [0.4, 0.5) is 19.3 Å². The number of carboxylic acids is 1. The highest BCUT2D eigenvalue weighted by atomic mass is 28.3. The highest BCUT2D eigenvalue weighted by molar-refractivity contribution is 6.76. The van der Waals surface area contributed by atoms with Gasteiger partial charge in [-0.25, -0.2) is 18.6 Å². The quantitative estimate of drug-likeness (QED) is 0.229. The Balaban J connectivity index is 1.54. The number of halogens is 2. The summed E-state index contributed by atoms with van der Waals surface area (Å²) in [7, 11) is -1.24. The molecule has 0 radical (unpaired) electrons. The van der Waals surface area contributed by atoms with Crippen molar-refractivity contribution in [3.05, 3.63) is 24.0 Å². The predicted octanol–water partition coefficient (Wildman–Crippen LogP) is 5.71. The molecule has 0 aromatic carbocycles. The van der Waals surface area contributed by atoms with Crippen LogP contribution in [0.2, 0.25) is 25.7 Å². The predicted molar refractivity (Wildman–Crippen MR) is 169 cm³/mol. The van der Waals surface area contributed by atoms with Crippen molar-refractivity contribution in [2.75, 3.05) is 37.8 Å². The zero-order chi connectivity index (χ0) is 33.1. The summed E-state index contributed by atoms with van der Waals surface area (Å²) >= 11 is 0. The Kier molecular flexibility index (Phi) is 10.8. The van der Waals surface area contributed by atoms with Crippen molar-refractivity contribution in [3.63, 3.8) is 0 Å². The number of rotatable bonds is 12. The Morgan fingerprint density at radius 1 is 1.18 bits per heavy atom. The summed E-state index contributed by atoms with van der Waals surface area (Å²) in [5.74, 6) is -1.49. The van der Waals surface area contributed by atoms with Crippen LogP contribution in [0.5, 0.6) is 0 Å². The topological polar surface area (TPSA) is 117 Å². The lowest BCUT2D eigenvalue weighted by atomic mass is 9.84. The Hall–Kier alpha value is -3.26. The van der Waals surface area contributed by atoms with Gasteiger partial charge in [0, 0.05) is 45.0 Å². The fraction of sp³-hybridized carbons (Fsp3) is 0.677. The molecule has 1 fully saturated rings. The third-order valence-corrected chi connectivity index (χ3v) is 9.89. The van der Waals surface area contributed by atoms with Gasteiger partial charge in [0.2, 0.25) is 0 Å². The first-order valence-corrected chi connectivity index (χ1v) is 19.3. The number of fused-ring (bicyclic) bond motifs is 3. The molecule has 2 amide bonds. The Morgan fingerprint density at radius 3 is 2.47 bits per heavy atom. The van der Waals surface area contributed by atoms with Gasteiger partial charge < -0.3 is 33.8 Å². The van der Waals surface area contributed by atoms with Crippen LogP contribution in [0.1, 0.15) is 56.8 Å². The van der Waals surface area contributed by atoms with E-state index in [0.29, 0.717) is 50.2 Å². The molecule has 3 heterocycles. The molecule has 14 heteroatoms. The molecule has 45 heavy (non-hydrogen) atoms. The number of carbonyl (C=O) groups excluding carboxylic acids is 2. The minimum atomic E-state index is -2.68. The number of anilines is 1. The van der Waals surface area contributed by atoms with Gasteiger partial charge in [-0.3, -0.25) is 9.59 Å². The second kappa shape index (κ2) is 14.0. The van der Waals surface area contributed by atoms with Crippen LogP contribution in [-0.4, -0.2) is 101 Å². The molecule has 2 aromatic heterocycles. The maximum Gasteiger partial charge on any atom is 0.410 e. The van der Waals surface area contributed by atoms with Crippen molar-refractivity contribution >= 4 is 42.8 Å². The van der Waals surface area contributed by atoms with Crippen LogP contribution in [0, 0.1) is 5.92 Å². The summed E-state index contributed by atoms with van der Waals surface area (Å²) in [5.41, 5.74) is 0.960. The lowest BCUT2D eigenvalue weighted by molar-refractivity contribution is -0.137. The van der Waals surface area contributed by atoms with E-state index in [1.54, 1.807) is 20.8 Å². The molecule has 11 nitrogen and oxygen atoms in total. The number of nitrogens with zero attached hydrogens (tertiary/aromatic N) is 5. The molecule has 1 N–H and O–H groups in total. The Morgan fingerprint density at radius 2 is 1.87 bits per heavy atom. The number of pyridine rings is 1. The number of hydrogen-bond acceptors (Lipinski definition) is 7. The van der Waals surface area contributed by atoms with Crippen LogP contribution < -0.4 is 4.90 Å². The zero-order valence-corrected chi connectivity index (χ0v) is 28.2. The van der Waals surface area contributed by atoms with E-state index < -0.39 is 45.3 Å². The first kappa shape index (κ1) is 34.6. The van der Waals surface area contributed by atoms with Crippen molar-refractivity contribution in [1.82, 2.24) is 19.4 Å². The third-order valence-electron chi connectivity index (χ3n) is 8.19. The van der Waals surface area contributed by atoms with Crippen molar-refractivity contribution < 1.29 is 37.7 Å². The van der Waals surface area contributed by atoms with Crippen molar-refractivity contribution in [3.8, 4) is 0 Å². The number of ether oxygens (including phenoxy) is 2. The molecule has 0 spiro atoms. The number of alkyl halides is 2. The van der Waals surface area contributed by atoms with Gasteiger partial charge in [0.15, 0.2) is 0 Å². The normalized spacial score (nSPS) is 19.3. The van der Waals surface area contributed by atoms with Gasteiger partial charge in [0.05, 0.1) is 24.5 Å². The van der Waals surface area contributed by atoms with Gasteiger partial charge in [-0.1, -0.05) is 19.6 Å². The fourth-order valence-electron chi connectivity index (χ4n) is 5.98. The molecule has 0 saturated heterocycles. The van der Waals surface area contributed by atoms with Crippen molar-refractivity contribution in [2.45, 2.75) is 96.9 Å². The second-order valence-electron chi connectivity index (χ2n) is 14.4. The van der Waals surface area contributed by atoms with Gasteiger partial charge in [-0.05, 0) is 64.5 Å². The number of aliphatic carboxylic acids is 1. The smallest absolute Gasteiger partial charge is 0.410 e. The average Bonchev–Trinajstić information content (AvgIpc) is 3.34. The Labute approximate surface area is 264 Å². The minimum absolute atomic E-state index is 0.000356. The van der Waals surface area contributed by atoms with E-state index in [-0.39, 0.29) is 31.1 Å². The van der Waals surface area contributed by atoms with E-state index in [4.69, 9.17) is 9.47 Å². The third kappa shape index (κ3) is 9.15. The number of hydrogen-bond donors (Lipinski definition) is 1. The molecular formula is C31H47F2N5O6Si. The van der Waals surface area contributed by atoms with Crippen LogP contribution >= 0.6 is 0 Å². The molecule has 1 aliphatic carbocycles. The van der Waals surface area contributed by atoms with Crippen LogP contribution in [-0.2, 0) is 21.0 Å². The molecule has 2 aromatic rings. The van der Waals surface area contributed by atoms with E-state index in [1.165, 1.54) is 11.1 Å². The standard InChI is InChI=1S/C31H47F2N5O6Si/c1-31(2,3)44-30(42)36(17-25(32)33)16-21-7-9-22(10-8-21)38-19-37(18-26(39)40)29(41)24-15-34-28-23(27(24)38)11-12-35(28)20-43-13-14-45(4,5)6/h11-12,15,21-22,25H,7-10,13-14,16-20H2,1-6H3,(H,39,40)/t21-,22-. The van der Waals surface area contributed by atoms with E-state index in [2.05, 4.69) is 29.5 Å². The maximum absolute atomic E-state index is 13.4. The molecule has 4 rings (SSSR count). The number of aromatic nitrogens is 2. The highest BCUT2D eigenvalue weighted by Gasteiger charge is 2.38. The largest absolute Gasteiger partial charge is 0.480 e. The van der Waals surface area contributed by atoms with Gasteiger partial charge in [-0.2, -0.15) is 0 Å². The van der Waals surface area contributed by atoms with E-state index >= 15 is 0 Å². The number of amides is 2. The molecule has 0 unspecified atom stereocenters. The molecule has 0 bridgehead atoms. The molecule has 2 aliphatic rings. The average molecular weight is 652 g/mol. The molecule has 250 valence electrons. The summed E-state index contributed by atoms with van der Waals surface area (Å²) in [6.45, 7) is 12.1. The first-order valence-electron chi connectivity index (χ1n) is 15.6. The highest BCUT2D eigenvalue weighted by Crippen LogP contribution is 2.39. The fourth-order valence-corrected chi connectivity index (χ4v) is 6.73. The second-order valence-corrected chi connectivity index (χ2v) is 20.0. The molecule has 0 atom stereocenters. The van der Waals surface area contributed by atoms with Crippen molar-refractivity contribution in [1.29, 1.82) is 0 Å². The monoisotopic (exact) mass is 651 g/mol. The van der Waals surface area contributed by atoms with E-state index in [9.17, 15) is 28.3 Å². The number of carbonyl (C=O) groups is 3. The lowest BCUT2D eigenvalue weighted by Crippen LogP contribution is -2.53. The SMILES string of the molecule is CC(C)(C)OC(=O)N(CC(F)F)C[C@H]1CC[C@H](N2CN(CC(=O)O)C(=O)c3cnc4c(ccn4COCC[Si](C)(C)C)c32)CC1. The van der Waals surface area contributed by atoms with Gasteiger partial charge >= 0.3 is 12.1 Å². The zero-order valence-electron chi connectivity index (χ0n) is 27.2. The van der Waals surface area contributed by atoms with Gasteiger partial charge in [0.1, 0.15) is 24.5 Å². The minimum Gasteiger partial charge on any atom is -0.480 e. The Bertz CT molecular complexity index is 1370. The van der Waals surface area contributed by atoms with Crippen molar-refractivity contribution in [2.24, 2.45) is 5.92 Å².